The van der Waals surface area contributed by atoms with Crippen LogP contribution in [0.1, 0.15) is 12.0 Å². The SMILES string of the molecule is CN1C(=O)C(=O)N(CCCc2ccc(N)cc2)C1=O. The van der Waals surface area contributed by atoms with Crippen molar-refractivity contribution in [1.29, 1.82) is 0 Å². The minimum absolute atomic E-state index is 0.248. The quantitative estimate of drug-likeness (QED) is 0.489. The molecule has 2 N–H and O–H groups in total. The zero-order chi connectivity index (χ0) is 14.0. The van der Waals surface area contributed by atoms with Crippen LogP contribution in [0.3, 0.4) is 0 Å². The molecular formula is C13H15N3O3. The molecule has 0 aromatic heterocycles. The average molecular weight is 261 g/mol. The Morgan fingerprint density at radius 1 is 1.05 bits per heavy atom. The minimum Gasteiger partial charge on any atom is -0.399 e. The summed E-state index contributed by atoms with van der Waals surface area (Å²) in [7, 11) is 1.31. The van der Waals surface area contributed by atoms with Gasteiger partial charge >= 0.3 is 17.8 Å². The van der Waals surface area contributed by atoms with Crippen LogP contribution < -0.4 is 5.73 Å². The Labute approximate surface area is 110 Å². The van der Waals surface area contributed by atoms with Crippen molar-refractivity contribution >= 4 is 23.5 Å². The number of imide groups is 2. The summed E-state index contributed by atoms with van der Waals surface area (Å²) in [5.74, 6) is -1.51. The third-order valence-electron chi connectivity index (χ3n) is 3.08. The van der Waals surface area contributed by atoms with Crippen LogP contribution in [0.15, 0.2) is 24.3 Å². The fraction of sp³-hybridized carbons (Fsp3) is 0.308. The summed E-state index contributed by atoms with van der Waals surface area (Å²) in [6, 6.07) is 6.87. The number of aryl methyl sites for hydroxylation is 1. The van der Waals surface area contributed by atoms with Gasteiger partial charge in [-0.05, 0) is 30.5 Å². The molecule has 0 radical (unpaired) electrons. The molecule has 1 aliphatic rings. The molecule has 1 aromatic carbocycles. The highest BCUT2D eigenvalue weighted by molar-refractivity contribution is 6.44. The number of carbonyl (C=O) groups is 3. The zero-order valence-corrected chi connectivity index (χ0v) is 10.6. The maximum atomic E-state index is 11.6. The number of hydrogen-bond donors (Lipinski definition) is 1. The first kappa shape index (κ1) is 13.1. The van der Waals surface area contributed by atoms with E-state index in [2.05, 4.69) is 0 Å². The van der Waals surface area contributed by atoms with E-state index in [9.17, 15) is 14.4 Å². The van der Waals surface area contributed by atoms with Gasteiger partial charge in [0.25, 0.3) is 0 Å². The Morgan fingerprint density at radius 2 is 1.68 bits per heavy atom. The topological polar surface area (TPSA) is 83.7 Å². The standard InChI is InChI=1S/C13H15N3O3/c1-15-11(17)12(18)16(13(15)19)8-2-3-9-4-6-10(14)7-5-9/h4-7H,2-3,8,14H2,1H3. The number of carbonyl (C=O) groups excluding carboxylic acids is 3. The second-order valence-electron chi connectivity index (χ2n) is 4.45. The van der Waals surface area contributed by atoms with E-state index in [0.29, 0.717) is 12.1 Å². The van der Waals surface area contributed by atoms with Gasteiger partial charge in [-0.1, -0.05) is 12.1 Å². The minimum atomic E-state index is -0.766. The van der Waals surface area contributed by atoms with Crippen LogP contribution in [0.2, 0.25) is 0 Å². The number of nitrogen functional groups attached to an aromatic ring is 1. The van der Waals surface area contributed by atoms with Crippen LogP contribution in [-0.4, -0.2) is 41.2 Å². The molecule has 2 rings (SSSR count). The molecule has 0 unspecified atom stereocenters. The smallest absolute Gasteiger partial charge is 0.333 e. The van der Waals surface area contributed by atoms with Crippen LogP contribution in [0, 0.1) is 0 Å². The Bertz CT molecular complexity index is 524. The van der Waals surface area contributed by atoms with Crippen LogP contribution in [0.25, 0.3) is 0 Å². The third kappa shape index (κ3) is 2.57. The molecule has 19 heavy (non-hydrogen) atoms. The number of likely N-dealkylation sites (N-methyl/N-ethyl adjacent to an activating group) is 1. The molecule has 1 saturated heterocycles. The lowest BCUT2D eigenvalue weighted by Gasteiger charge is -2.12. The van der Waals surface area contributed by atoms with Crippen LogP contribution in [0.5, 0.6) is 0 Å². The third-order valence-corrected chi connectivity index (χ3v) is 3.08. The van der Waals surface area contributed by atoms with Gasteiger partial charge in [0.15, 0.2) is 0 Å². The first-order valence-electron chi connectivity index (χ1n) is 5.98. The van der Waals surface area contributed by atoms with Gasteiger partial charge in [-0.3, -0.25) is 19.4 Å². The predicted molar refractivity (Wildman–Crippen MR) is 69.1 cm³/mol. The van der Waals surface area contributed by atoms with Gasteiger partial charge in [0, 0.05) is 19.3 Å². The normalized spacial score (nSPS) is 15.5. The second kappa shape index (κ2) is 5.09. The highest BCUT2D eigenvalue weighted by atomic mass is 16.2. The molecule has 4 amide bonds. The van der Waals surface area contributed by atoms with Crippen molar-refractivity contribution in [3.8, 4) is 0 Å². The summed E-state index contributed by atoms with van der Waals surface area (Å²) in [5.41, 5.74) is 7.35. The van der Waals surface area contributed by atoms with E-state index in [1.165, 1.54) is 7.05 Å². The summed E-state index contributed by atoms with van der Waals surface area (Å²) in [6.45, 7) is 0.248. The predicted octanol–water partition coefficient (Wildman–Crippen LogP) is 0.622. The average Bonchev–Trinajstić information content (AvgIpc) is 2.58. The molecule has 100 valence electrons. The van der Waals surface area contributed by atoms with E-state index in [0.717, 1.165) is 21.8 Å². The van der Waals surface area contributed by atoms with E-state index >= 15 is 0 Å². The van der Waals surface area contributed by atoms with E-state index in [1.54, 1.807) is 12.1 Å². The molecule has 6 nitrogen and oxygen atoms in total. The summed E-state index contributed by atoms with van der Waals surface area (Å²) in [6.07, 6.45) is 1.33. The Morgan fingerprint density at radius 3 is 2.21 bits per heavy atom. The monoisotopic (exact) mass is 261 g/mol. The molecule has 1 fully saturated rings. The largest absolute Gasteiger partial charge is 0.399 e. The summed E-state index contributed by atoms with van der Waals surface area (Å²) in [4.78, 5) is 36.2. The summed E-state index contributed by atoms with van der Waals surface area (Å²) in [5, 5.41) is 0. The van der Waals surface area contributed by atoms with E-state index in [-0.39, 0.29) is 6.54 Å². The molecular weight excluding hydrogens is 246 g/mol. The molecule has 0 saturated carbocycles. The van der Waals surface area contributed by atoms with Gasteiger partial charge in [-0.15, -0.1) is 0 Å². The first-order valence-corrected chi connectivity index (χ1v) is 5.98. The lowest BCUT2D eigenvalue weighted by Crippen LogP contribution is -2.32. The number of amides is 4. The number of hydrogen-bond acceptors (Lipinski definition) is 4. The van der Waals surface area contributed by atoms with Crippen molar-refractivity contribution in [2.24, 2.45) is 0 Å². The number of nitrogens with two attached hydrogens (primary N) is 1. The maximum absolute atomic E-state index is 11.6. The van der Waals surface area contributed by atoms with E-state index in [4.69, 9.17) is 5.73 Å². The number of anilines is 1. The van der Waals surface area contributed by atoms with Gasteiger partial charge in [0.2, 0.25) is 0 Å². The fourth-order valence-electron chi connectivity index (χ4n) is 1.94. The van der Waals surface area contributed by atoms with Crippen LogP contribution in [-0.2, 0) is 16.0 Å². The van der Waals surface area contributed by atoms with Crippen LogP contribution in [0.4, 0.5) is 10.5 Å². The lowest BCUT2D eigenvalue weighted by atomic mass is 10.1. The van der Waals surface area contributed by atoms with Gasteiger partial charge in [0.1, 0.15) is 0 Å². The van der Waals surface area contributed by atoms with Crippen molar-refractivity contribution in [2.45, 2.75) is 12.8 Å². The summed E-state index contributed by atoms with van der Waals surface area (Å²) >= 11 is 0. The Hall–Kier alpha value is -2.37. The molecule has 0 atom stereocenters. The molecule has 0 aliphatic carbocycles. The zero-order valence-electron chi connectivity index (χ0n) is 10.6. The summed E-state index contributed by atoms with van der Waals surface area (Å²) < 4.78 is 0. The van der Waals surface area contributed by atoms with Crippen molar-refractivity contribution in [3.05, 3.63) is 29.8 Å². The number of urea groups is 1. The molecule has 0 bridgehead atoms. The Balaban J connectivity index is 1.89. The molecule has 1 aromatic rings. The van der Waals surface area contributed by atoms with Crippen molar-refractivity contribution in [3.63, 3.8) is 0 Å². The van der Waals surface area contributed by atoms with E-state index in [1.807, 2.05) is 12.1 Å². The second-order valence-corrected chi connectivity index (χ2v) is 4.45. The van der Waals surface area contributed by atoms with Crippen molar-refractivity contribution in [1.82, 2.24) is 9.80 Å². The molecule has 6 heteroatoms. The van der Waals surface area contributed by atoms with Crippen LogP contribution >= 0.6 is 0 Å². The van der Waals surface area contributed by atoms with Gasteiger partial charge in [-0.2, -0.15) is 0 Å². The van der Waals surface area contributed by atoms with E-state index < -0.39 is 17.8 Å². The number of rotatable bonds is 4. The molecule has 0 spiro atoms. The first-order chi connectivity index (χ1) is 9.00. The fourth-order valence-corrected chi connectivity index (χ4v) is 1.94. The number of nitrogens with zero attached hydrogens (tertiary/aromatic N) is 2. The molecule has 1 aliphatic heterocycles. The highest BCUT2D eigenvalue weighted by Crippen LogP contribution is 2.12. The van der Waals surface area contributed by atoms with Crippen molar-refractivity contribution in [2.75, 3.05) is 19.3 Å². The maximum Gasteiger partial charge on any atom is 0.333 e. The highest BCUT2D eigenvalue weighted by Gasteiger charge is 2.41. The van der Waals surface area contributed by atoms with Crippen molar-refractivity contribution < 1.29 is 14.4 Å². The Kier molecular flexibility index (Phi) is 3.50. The molecule has 1 heterocycles. The van der Waals surface area contributed by atoms with Gasteiger partial charge in [0.05, 0.1) is 0 Å². The van der Waals surface area contributed by atoms with Gasteiger partial charge < -0.3 is 5.73 Å². The van der Waals surface area contributed by atoms with Gasteiger partial charge in [-0.25, -0.2) is 4.79 Å². The lowest BCUT2D eigenvalue weighted by molar-refractivity contribution is -0.142. The number of benzene rings is 1.